The Bertz CT molecular complexity index is 214. The van der Waals surface area contributed by atoms with Crippen LogP contribution in [0.2, 0.25) is 0 Å². The lowest BCUT2D eigenvalue weighted by molar-refractivity contribution is 0.0749. The van der Waals surface area contributed by atoms with E-state index >= 15 is 0 Å². The normalized spacial score (nSPS) is 32.6. The maximum absolute atomic E-state index is 13.7. The molecule has 2 rings (SSSR count). The highest BCUT2D eigenvalue weighted by atomic mass is 35.5. The molecule has 2 aliphatic heterocycles. The van der Waals surface area contributed by atoms with Gasteiger partial charge in [-0.05, 0) is 38.3 Å². The second-order valence-electron chi connectivity index (χ2n) is 4.99. The van der Waals surface area contributed by atoms with Crippen molar-refractivity contribution in [1.82, 2.24) is 10.2 Å². The summed E-state index contributed by atoms with van der Waals surface area (Å²) in [7, 11) is 0. The SMILES string of the molecule is Cl.OCC1(F)CCN(CC2CCNCC2)C1. The van der Waals surface area contributed by atoms with Crippen LogP contribution in [0.4, 0.5) is 4.39 Å². The second kappa shape index (κ2) is 6.15. The molecule has 0 aromatic heterocycles. The molecule has 0 aliphatic carbocycles. The fourth-order valence-corrected chi connectivity index (χ4v) is 2.63. The van der Waals surface area contributed by atoms with Crippen molar-refractivity contribution < 1.29 is 9.50 Å². The van der Waals surface area contributed by atoms with Crippen LogP contribution in [0.25, 0.3) is 0 Å². The molecule has 2 aliphatic rings. The summed E-state index contributed by atoms with van der Waals surface area (Å²) in [5.74, 6) is 0.715. The van der Waals surface area contributed by atoms with Crippen LogP contribution in [-0.2, 0) is 0 Å². The molecule has 0 aromatic carbocycles. The molecule has 0 radical (unpaired) electrons. The van der Waals surface area contributed by atoms with Gasteiger partial charge in [-0.3, -0.25) is 4.90 Å². The molecule has 16 heavy (non-hydrogen) atoms. The van der Waals surface area contributed by atoms with E-state index in [1.807, 2.05) is 0 Å². The summed E-state index contributed by atoms with van der Waals surface area (Å²) in [6, 6.07) is 0. The first-order chi connectivity index (χ1) is 7.22. The third kappa shape index (κ3) is 3.55. The Morgan fingerprint density at radius 3 is 2.62 bits per heavy atom. The van der Waals surface area contributed by atoms with Crippen LogP contribution >= 0.6 is 12.4 Å². The van der Waals surface area contributed by atoms with Gasteiger partial charge in [-0.1, -0.05) is 0 Å². The van der Waals surface area contributed by atoms with E-state index in [1.165, 1.54) is 12.8 Å². The van der Waals surface area contributed by atoms with E-state index in [0.29, 0.717) is 18.9 Å². The predicted molar refractivity (Wildman–Crippen MR) is 64.8 cm³/mol. The van der Waals surface area contributed by atoms with Gasteiger partial charge in [-0.2, -0.15) is 0 Å². The smallest absolute Gasteiger partial charge is 0.147 e. The minimum atomic E-state index is -1.33. The van der Waals surface area contributed by atoms with E-state index in [0.717, 1.165) is 26.2 Å². The molecule has 2 saturated heterocycles. The van der Waals surface area contributed by atoms with Crippen LogP contribution in [-0.4, -0.2) is 55.0 Å². The average molecular weight is 253 g/mol. The van der Waals surface area contributed by atoms with Crippen LogP contribution in [0, 0.1) is 5.92 Å². The number of nitrogens with zero attached hydrogens (tertiary/aromatic N) is 1. The van der Waals surface area contributed by atoms with Gasteiger partial charge >= 0.3 is 0 Å². The van der Waals surface area contributed by atoms with Crippen LogP contribution in [0.15, 0.2) is 0 Å². The summed E-state index contributed by atoms with van der Waals surface area (Å²) in [6.07, 6.45) is 2.90. The highest BCUT2D eigenvalue weighted by molar-refractivity contribution is 5.85. The van der Waals surface area contributed by atoms with Crippen LogP contribution in [0.5, 0.6) is 0 Å². The third-order valence-corrected chi connectivity index (χ3v) is 3.64. The lowest BCUT2D eigenvalue weighted by Crippen LogP contribution is -2.37. The van der Waals surface area contributed by atoms with Crippen molar-refractivity contribution >= 4 is 12.4 Å². The van der Waals surface area contributed by atoms with Crippen LogP contribution < -0.4 is 5.32 Å². The molecule has 0 amide bonds. The zero-order valence-corrected chi connectivity index (χ0v) is 10.4. The first-order valence-corrected chi connectivity index (χ1v) is 5.95. The fourth-order valence-electron chi connectivity index (χ4n) is 2.63. The van der Waals surface area contributed by atoms with Crippen molar-refractivity contribution in [2.45, 2.75) is 24.9 Å². The summed E-state index contributed by atoms with van der Waals surface area (Å²) in [5.41, 5.74) is -1.33. The molecule has 1 unspecified atom stereocenters. The summed E-state index contributed by atoms with van der Waals surface area (Å²) >= 11 is 0. The van der Waals surface area contributed by atoms with Crippen molar-refractivity contribution in [3.63, 3.8) is 0 Å². The molecule has 3 nitrogen and oxygen atoms in total. The Kier molecular flexibility index (Phi) is 5.44. The Labute approximate surface area is 103 Å². The van der Waals surface area contributed by atoms with E-state index in [9.17, 15) is 4.39 Å². The van der Waals surface area contributed by atoms with Crippen molar-refractivity contribution in [2.24, 2.45) is 5.92 Å². The molecule has 2 heterocycles. The Balaban J connectivity index is 0.00000128. The van der Waals surface area contributed by atoms with Gasteiger partial charge in [0.05, 0.1) is 6.61 Å². The molecular weight excluding hydrogens is 231 g/mol. The maximum atomic E-state index is 13.7. The van der Waals surface area contributed by atoms with Gasteiger partial charge in [0.2, 0.25) is 0 Å². The Morgan fingerprint density at radius 1 is 1.38 bits per heavy atom. The maximum Gasteiger partial charge on any atom is 0.147 e. The van der Waals surface area contributed by atoms with E-state index < -0.39 is 5.67 Å². The van der Waals surface area contributed by atoms with Gasteiger partial charge in [0.25, 0.3) is 0 Å². The number of likely N-dealkylation sites (tertiary alicyclic amines) is 1. The second-order valence-corrected chi connectivity index (χ2v) is 4.99. The summed E-state index contributed by atoms with van der Waals surface area (Å²) < 4.78 is 13.7. The number of aliphatic hydroxyl groups is 1. The van der Waals surface area contributed by atoms with E-state index in [4.69, 9.17) is 5.11 Å². The summed E-state index contributed by atoms with van der Waals surface area (Å²) in [6.45, 7) is 4.11. The Morgan fingerprint density at radius 2 is 2.06 bits per heavy atom. The van der Waals surface area contributed by atoms with Crippen molar-refractivity contribution in [1.29, 1.82) is 0 Å². The predicted octanol–water partition coefficient (Wildman–Crippen LogP) is 0.814. The van der Waals surface area contributed by atoms with Gasteiger partial charge in [0, 0.05) is 19.6 Å². The zero-order chi connectivity index (χ0) is 10.7. The quantitative estimate of drug-likeness (QED) is 0.781. The molecule has 5 heteroatoms. The van der Waals surface area contributed by atoms with E-state index in [2.05, 4.69) is 10.2 Å². The number of alkyl halides is 1. The van der Waals surface area contributed by atoms with E-state index in [-0.39, 0.29) is 19.0 Å². The standard InChI is InChI=1S/C11H21FN2O.ClH/c12-11(9-15)3-6-14(8-11)7-10-1-4-13-5-2-10;/h10,13,15H,1-9H2;1H. The minimum absolute atomic E-state index is 0. The monoisotopic (exact) mass is 252 g/mol. The molecule has 2 N–H and O–H groups in total. The molecule has 0 bridgehead atoms. The number of nitrogens with one attached hydrogen (secondary N) is 1. The van der Waals surface area contributed by atoms with Crippen molar-refractivity contribution in [3.05, 3.63) is 0 Å². The summed E-state index contributed by atoms with van der Waals surface area (Å²) in [4.78, 5) is 2.17. The third-order valence-electron chi connectivity index (χ3n) is 3.64. The van der Waals surface area contributed by atoms with Crippen molar-refractivity contribution in [2.75, 3.05) is 39.3 Å². The summed E-state index contributed by atoms with van der Waals surface area (Å²) in [5, 5.41) is 12.3. The lowest BCUT2D eigenvalue weighted by Gasteiger charge is -2.27. The molecule has 96 valence electrons. The van der Waals surface area contributed by atoms with Crippen molar-refractivity contribution in [3.8, 4) is 0 Å². The molecule has 2 fully saturated rings. The zero-order valence-electron chi connectivity index (χ0n) is 9.62. The van der Waals surface area contributed by atoms with Gasteiger partial charge in [0.15, 0.2) is 0 Å². The number of hydrogen-bond acceptors (Lipinski definition) is 3. The van der Waals surface area contributed by atoms with Gasteiger partial charge in [-0.25, -0.2) is 4.39 Å². The minimum Gasteiger partial charge on any atom is -0.393 e. The fraction of sp³-hybridized carbons (Fsp3) is 1.00. The molecule has 0 saturated carbocycles. The van der Waals surface area contributed by atoms with Gasteiger partial charge in [0.1, 0.15) is 5.67 Å². The topological polar surface area (TPSA) is 35.5 Å². The first kappa shape index (κ1) is 14.2. The number of hydrogen-bond donors (Lipinski definition) is 2. The van der Waals surface area contributed by atoms with Crippen LogP contribution in [0.3, 0.4) is 0 Å². The molecule has 1 atom stereocenters. The number of halogens is 2. The number of rotatable bonds is 3. The van der Waals surface area contributed by atoms with Gasteiger partial charge < -0.3 is 10.4 Å². The Hall–Kier alpha value is 0.1000. The average Bonchev–Trinajstić information content (AvgIpc) is 2.63. The lowest BCUT2D eigenvalue weighted by atomic mass is 9.98. The van der Waals surface area contributed by atoms with Gasteiger partial charge in [-0.15, -0.1) is 12.4 Å². The van der Waals surface area contributed by atoms with E-state index in [1.54, 1.807) is 0 Å². The number of piperidine rings is 1. The molecular formula is C11H22ClFN2O. The van der Waals surface area contributed by atoms with Crippen LogP contribution in [0.1, 0.15) is 19.3 Å². The highest BCUT2D eigenvalue weighted by Gasteiger charge is 2.38. The highest BCUT2D eigenvalue weighted by Crippen LogP contribution is 2.26. The molecule has 0 aromatic rings. The number of aliphatic hydroxyl groups excluding tert-OH is 1. The molecule has 0 spiro atoms. The first-order valence-electron chi connectivity index (χ1n) is 5.95. The largest absolute Gasteiger partial charge is 0.393 e.